The molecular formula is C21H35N. The van der Waals surface area contributed by atoms with E-state index in [2.05, 4.69) is 26.8 Å². The van der Waals surface area contributed by atoms with Gasteiger partial charge in [-0.15, -0.1) is 0 Å². The van der Waals surface area contributed by atoms with E-state index in [9.17, 15) is 0 Å². The number of allylic oxidation sites excluding steroid dienone is 2. The van der Waals surface area contributed by atoms with Gasteiger partial charge in [0, 0.05) is 5.54 Å². The molecule has 0 spiro atoms. The van der Waals surface area contributed by atoms with Crippen molar-refractivity contribution in [3.63, 3.8) is 0 Å². The van der Waals surface area contributed by atoms with E-state index in [4.69, 9.17) is 5.73 Å². The third kappa shape index (κ3) is 1.93. The van der Waals surface area contributed by atoms with Gasteiger partial charge in [-0.2, -0.15) is 0 Å². The lowest BCUT2D eigenvalue weighted by Gasteiger charge is -2.61. The average Bonchev–Trinajstić information content (AvgIpc) is 2.84. The van der Waals surface area contributed by atoms with E-state index in [-0.39, 0.29) is 5.54 Å². The molecule has 0 amide bonds. The molecule has 0 aromatic carbocycles. The van der Waals surface area contributed by atoms with Crippen LogP contribution in [-0.4, -0.2) is 5.54 Å². The molecule has 0 aliphatic heterocycles. The highest BCUT2D eigenvalue weighted by atomic mass is 14.9. The van der Waals surface area contributed by atoms with Crippen molar-refractivity contribution >= 4 is 0 Å². The van der Waals surface area contributed by atoms with Gasteiger partial charge in [0.25, 0.3) is 0 Å². The molecule has 4 aliphatic rings. The zero-order valence-corrected chi connectivity index (χ0v) is 14.9. The first kappa shape index (κ1) is 15.2. The topological polar surface area (TPSA) is 26.0 Å². The Labute approximate surface area is 137 Å². The van der Waals surface area contributed by atoms with E-state index in [0.29, 0.717) is 5.41 Å². The monoisotopic (exact) mass is 301 g/mol. The Morgan fingerprint density at radius 2 is 1.91 bits per heavy atom. The molecule has 1 heteroatoms. The lowest BCUT2D eigenvalue weighted by molar-refractivity contribution is -0.0665. The third-order valence-corrected chi connectivity index (χ3v) is 8.64. The molecule has 7 atom stereocenters. The van der Waals surface area contributed by atoms with Crippen LogP contribution in [0.2, 0.25) is 0 Å². The van der Waals surface area contributed by atoms with Gasteiger partial charge in [0.2, 0.25) is 0 Å². The van der Waals surface area contributed by atoms with Crippen molar-refractivity contribution in [3.8, 4) is 0 Å². The van der Waals surface area contributed by atoms with Gasteiger partial charge >= 0.3 is 0 Å². The van der Waals surface area contributed by atoms with Crippen molar-refractivity contribution in [1.82, 2.24) is 0 Å². The Morgan fingerprint density at radius 1 is 1.09 bits per heavy atom. The second kappa shape index (κ2) is 5.10. The summed E-state index contributed by atoms with van der Waals surface area (Å²) in [5, 5.41) is 0. The van der Waals surface area contributed by atoms with Gasteiger partial charge in [0.15, 0.2) is 0 Å². The fourth-order valence-corrected chi connectivity index (χ4v) is 7.57. The van der Waals surface area contributed by atoms with Crippen molar-refractivity contribution in [1.29, 1.82) is 0 Å². The van der Waals surface area contributed by atoms with Crippen molar-refractivity contribution in [2.75, 3.05) is 0 Å². The summed E-state index contributed by atoms with van der Waals surface area (Å²) in [4.78, 5) is 0. The summed E-state index contributed by atoms with van der Waals surface area (Å²) in [5.41, 5.74) is 9.57. The van der Waals surface area contributed by atoms with Crippen LogP contribution >= 0.6 is 0 Å². The molecule has 0 heterocycles. The first-order chi connectivity index (χ1) is 10.5. The fraction of sp³-hybridized carbons (Fsp3) is 0.905. The number of hydrogen-bond donors (Lipinski definition) is 1. The summed E-state index contributed by atoms with van der Waals surface area (Å²) in [6.45, 7) is 7.26. The summed E-state index contributed by atoms with van der Waals surface area (Å²) in [6.07, 6.45) is 15.0. The summed E-state index contributed by atoms with van der Waals surface area (Å²) in [5.74, 6) is 4.49. The summed E-state index contributed by atoms with van der Waals surface area (Å²) >= 11 is 0. The number of rotatable bonds is 0. The Balaban J connectivity index is 1.65. The van der Waals surface area contributed by atoms with Gasteiger partial charge in [-0.05, 0) is 93.3 Å². The SMILES string of the molecule is C/C=C1\CCC2C1(C)CCC1C3CCC(C)CC3CCC12N. The zero-order valence-electron chi connectivity index (χ0n) is 14.9. The maximum absolute atomic E-state index is 7.27. The van der Waals surface area contributed by atoms with E-state index < -0.39 is 0 Å². The van der Waals surface area contributed by atoms with E-state index in [1.54, 1.807) is 5.57 Å². The van der Waals surface area contributed by atoms with Crippen molar-refractivity contribution in [3.05, 3.63) is 11.6 Å². The van der Waals surface area contributed by atoms with Crippen LogP contribution in [0.3, 0.4) is 0 Å². The standard InChI is InChI=1S/C21H35N/c1-4-16-6-8-19-20(16,3)11-10-18-17-7-5-14(2)13-15(17)9-12-21(18,19)22/h4,14-15,17-19H,5-13,22H2,1-3H3/b16-4+. The van der Waals surface area contributed by atoms with Gasteiger partial charge in [0.1, 0.15) is 0 Å². The van der Waals surface area contributed by atoms with E-state index in [1.807, 2.05) is 0 Å². The Kier molecular flexibility index (Phi) is 3.53. The molecule has 0 aromatic rings. The molecule has 0 aromatic heterocycles. The Morgan fingerprint density at radius 3 is 2.68 bits per heavy atom. The smallest absolute Gasteiger partial charge is 0.0222 e. The zero-order chi connectivity index (χ0) is 15.5. The van der Waals surface area contributed by atoms with Crippen molar-refractivity contribution < 1.29 is 0 Å². The van der Waals surface area contributed by atoms with Gasteiger partial charge in [-0.3, -0.25) is 0 Å². The Bertz CT molecular complexity index is 480. The molecule has 22 heavy (non-hydrogen) atoms. The van der Waals surface area contributed by atoms with Crippen LogP contribution in [0, 0.1) is 35.0 Å². The average molecular weight is 302 g/mol. The molecule has 0 radical (unpaired) electrons. The predicted octanol–water partition coefficient (Wildman–Crippen LogP) is 5.30. The molecule has 0 bridgehead atoms. The van der Waals surface area contributed by atoms with Crippen molar-refractivity contribution in [2.24, 2.45) is 40.7 Å². The first-order valence-electron chi connectivity index (χ1n) is 9.93. The van der Waals surface area contributed by atoms with Gasteiger partial charge in [-0.1, -0.05) is 31.9 Å². The highest BCUT2D eigenvalue weighted by Crippen LogP contribution is 2.64. The first-order valence-corrected chi connectivity index (χ1v) is 9.93. The lowest BCUT2D eigenvalue weighted by Crippen LogP contribution is -2.64. The molecule has 4 fully saturated rings. The van der Waals surface area contributed by atoms with Crippen LogP contribution in [0.4, 0.5) is 0 Å². The highest BCUT2D eigenvalue weighted by molar-refractivity contribution is 5.27. The highest BCUT2D eigenvalue weighted by Gasteiger charge is 2.61. The maximum atomic E-state index is 7.27. The van der Waals surface area contributed by atoms with E-state index >= 15 is 0 Å². The fourth-order valence-electron chi connectivity index (χ4n) is 7.57. The number of fused-ring (bicyclic) bond motifs is 5. The van der Waals surface area contributed by atoms with Crippen LogP contribution in [0.5, 0.6) is 0 Å². The van der Waals surface area contributed by atoms with Crippen LogP contribution in [0.1, 0.15) is 78.6 Å². The Hall–Kier alpha value is -0.300. The minimum absolute atomic E-state index is 0.152. The predicted molar refractivity (Wildman–Crippen MR) is 93.5 cm³/mol. The van der Waals surface area contributed by atoms with Crippen LogP contribution in [0.15, 0.2) is 11.6 Å². The van der Waals surface area contributed by atoms with Gasteiger partial charge in [0.05, 0.1) is 0 Å². The van der Waals surface area contributed by atoms with E-state index in [0.717, 1.165) is 29.6 Å². The summed E-state index contributed by atoms with van der Waals surface area (Å²) in [6, 6.07) is 0. The third-order valence-electron chi connectivity index (χ3n) is 8.64. The number of nitrogens with two attached hydrogens (primary N) is 1. The van der Waals surface area contributed by atoms with Crippen LogP contribution in [-0.2, 0) is 0 Å². The summed E-state index contributed by atoms with van der Waals surface area (Å²) in [7, 11) is 0. The molecule has 1 nitrogen and oxygen atoms in total. The molecule has 4 rings (SSSR count). The lowest BCUT2D eigenvalue weighted by atomic mass is 9.46. The maximum Gasteiger partial charge on any atom is 0.0222 e. The minimum atomic E-state index is 0.152. The quantitative estimate of drug-likeness (QED) is 0.603. The molecule has 4 aliphatic carbocycles. The minimum Gasteiger partial charge on any atom is -0.325 e. The van der Waals surface area contributed by atoms with Crippen LogP contribution < -0.4 is 5.73 Å². The molecule has 7 unspecified atom stereocenters. The molecule has 124 valence electrons. The molecule has 4 saturated carbocycles. The van der Waals surface area contributed by atoms with Gasteiger partial charge in [-0.25, -0.2) is 0 Å². The second-order valence-corrected chi connectivity index (χ2v) is 9.46. The van der Waals surface area contributed by atoms with Gasteiger partial charge < -0.3 is 5.73 Å². The normalized spacial score (nSPS) is 56.4. The summed E-state index contributed by atoms with van der Waals surface area (Å²) < 4.78 is 0. The largest absolute Gasteiger partial charge is 0.325 e. The molecule has 2 N–H and O–H groups in total. The van der Waals surface area contributed by atoms with Crippen molar-refractivity contribution in [2.45, 2.75) is 84.1 Å². The molecular weight excluding hydrogens is 266 g/mol. The van der Waals surface area contributed by atoms with E-state index in [1.165, 1.54) is 57.8 Å². The second-order valence-electron chi connectivity index (χ2n) is 9.46. The van der Waals surface area contributed by atoms with Crippen LogP contribution in [0.25, 0.3) is 0 Å². The molecule has 0 saturated heterocycles. The number of hydrogen-bond acceptors (Lipinski definition) is 1.